The molecule has 8 heteroatoms. The molecule has 0 bridgehead atoms. The summed E-state index contributed by atoms with van der Waals surface area (Å²) in [5.41, 5.74) is 4.39. The second-order valence-corrected chi connectivity index (χ2v) is 9.06. The third-order valence-electron chi connectivity index (χ3n) is 7.08. The number of carboxylic acids is 1. The molecule has 34 heavy (non-hydrogen) atoms. The molecule has 5 rings (SSSR count). The van der Waals surface area contributed by atoms with Crippen molar-refractivity contribution in [2.75, 3.05) is 19.8 Å². The molecule has 1 heterocycles. The van der Waals surface area contributed by atoms with Crippen LogP contribution in [-0.2, 0) is 19.1 Å². The molecule has 1 saturated carbocycles. The van der Waals surface area contributed by atoms with E-state index in [1.54, 1.807) is 4.90 Å². The summed E-state index contributed by atoms with van der Waals surface area (Å²) in [6.07, 6.45) is 1.36. The molecule has 2 fully saturated rings. The van der Waals surface area contributed by atoms with Crippen molar-refractivity contribution < 1.29 is 29.0 Å². The number of morpholine rings is 1. The fraction of sp³-hybridized carbons (Fsp3) is 0.423. The maximum Gasteiger partial charge on any atom is 0.407 e. The van der Waals surface area contributed by atoms with Crippen LogP contribution < -0.4 is 5.32 Å². The summed E-state index contributed by atoms with van der Waals surface area (Å²) in [4.78, 5) is 39.1. The third-order valence-corrected chi connectivity index (χ3v) is 7.08. The fourth-order valence-electron chi connectivity index (χ4n) is 5.56. The van der Waals surface area contributed by atoms with Gasteiger partial charge in [0.2, 0.25) is 5.91 Å². The topological polar surface area (TPSA) is 105 Å². The van der Waals surface area contributed by atoms with E-state index >= 15 is 0 Å². The zero-order valence-electron chi connectivity index (χ0n) is 18.8. The Labute approximate surface area is 197 Å². The van der Waals surface area contributed by atoms with Gasteiger partial charge < -0.3 is 24.8 Å². The number of aliphatic carboxylic acids is 1. The van der Waals surface area contributed by atoms with Crippen LogP contribution >= 0.6 is 0 Å². The van der Waals surface area contributed by atoms with E-state index in [4.69, 9.17) is 9.47 Å². The van der Waals surface area contributed by atoms with E-state index in [0.29, 0.717) is 13.2 Å². The first kappa shape index (κ1) is 22.4. The van der Waals surface area contributed by atoms with Crippen molar-refractivity contribution in [2.24, 2.45) is 0 Å². The number of fused-ring (bicyclic) bond motifs is 4. The number of ether oxygens (including phenoxy) is 2. The molecule has 2 aromatic rings. The SMILES string of the molecule is O=C(O)CC(NC(=O)OCC1c2ccccc2-c2ccccc21)C(=O)N1CCOC2CCCC21. The minimum Gasteiger partial charge on any atom is -0.481 e. The average Bonchev–Trinajstić information content (AvgIpc) is 3.44. The Morgan fingerprint density at radius 1 is 1.06 bits per heavy atom. The molecule has 178 valence electrons. The number of benzene rings is 2. The summed E-state index contributed by atoms with van der Waals surface area (Å²) in [6.45, 7) is 0.899. The number of carbonyl (C=O) groups is 3. The molecule has 2 aliphatic carbocycles. The summed E-state index contributed by atoms with van der Waals surface area (Å²) >= 11 is 0. The molecule has 2 amide bonds. The normalized spacial score (nSPS) is 21.8. The quantitative estimate of drug-likeness (QED) is 0.681. The summed E-state index contributed by atoms with van der Waals surface area (Å²) in [7, 11) is 0. The molecular formula is C26H28N2O6. The predicted molar refractivity (Wildman–Crippen MR) is 123 cm³/mol. The van der Waals surface area contributed by atoms with Crippen molar-refractivity contribution in [3.05, 3.63) is 59.7 Å². The van der Waals surface area contributed by atoms with Crippen molar-refractivity contribution in [3.8, 4) is 11.1 Å². The van der Waals surface area contributed by atoms with Gasteiger partial charge in [-0.15, -0.1) is 0 Å². The average molecular weight is 465 g/mol. The van der Waals surface area contributed by atoms with Gasteiger partial charge in [0.1, 0.15) is 12.6 Å². The van der Waals surface area contributed by atoms with Crippen LogP contribution in [0.15, 0.2) is 48.5 Å². The minimum atomic E-state index is -1.19. The van der Waals surface area contributed by atoms with E-state index in [-0.39, 0.29) is 24.7 Å². The summed E-state index contributed by atoms with van der Waals surface area (Å²) in [6, 6.07) is 14.8. The van der Waals surface area contributed by atoms with E-state index in [1.807, 2.05) is 36.4 Å². The zero-order chi connectivity index (χ0) is 23.7. The maximum absolute atomic E-state index is 13.2. The molecular weight excluding hydrogens is 436 g/mol. The van der Waals surface area contributed by atoms with E-state index in [2.05, 4.69) is 17.4 Å². The first-order chi connectivity index (χ1) is 16.5. The molecule has 2 aromatic carbocycles. The van der Waals surface area contributed by atoms with Gasteiger partial charge in [-0.1, -0.05) is 48.5 Å². The number of carboxylic acid groups (broad SMARTS) is 1. The van der Waals surface area contributed by atoms with Crippen molar-refractivity contribution in [1.82, 2.24) is 10.2 Å². The van der Waals surface area contributed by atoms with Crippen LogP contribution in [-0.4, -0.2) is 65.9 Å². The molecule has 0 radical (unpaired) electrons. The Hall–Kier alpha value is -3.39. The minimum absolute atomic E-state index is 0.0161. The molecule has 2 N–H and O–H groups in total. The summed E-state index contributed by atoms with van der Waals surface area (Å²) < 4.78 is 11.3. The van der Waals surface area contributed by atoms with E-state index in [1.165, 1.54) is 0 Å². The molecule has 3 unspecified atom stereocenters. The van der Waals surface area contributed by atoms with Gasteiger partial charge in [-0.25, -0.2) is 4.79 Å². The number of rotatable bonds is 6. The van der Waals surface area contributed by atoms with Crippen LogP contribution in [0.25, 0.3) is 11.1 Å². The van der Waals surface area contributed by atoms with Crippen LogP contribution in [0.1, 0.15) is 42.7 Å². The highest BCUT2D eigenvalue weighted by Gasteiger charge is 2.41. The van der Waals surface area contributed by atoms with Crippen molar-refractivity contribution >= 4 is 18.0 Å². The van der Waals surface area contributed by atoms with Gasteiger partial charge >= 0.3 is 12.1 Å². The summed E-state index contributed by atoms with van der Waals surface area (Å²) in [5.74, 6) is -1.67. The second kappa shape index (κ2) is 9.46. The van der Waals surface area contributed by atoms with Crippen LogP contribution in [0.2, 0.25) is 0 Å². The highest BCUT2D eigenvalue weighted by molar-refractivity contribution is 5.89. The molecule has 0 spiro atoms. The maximum atomic E-state index is 13.2. The standard InChI is InChI=1S/C26H28N2O6/c29-24(30)14-21(25(31)28-12-13-33-23-11-5-10-22(23)28)27-26(32)34-15-20-18-8-3-1-6-16(18)17-7-2-4-9-19(17)20/h1-4,6-9,20-23H,5,10-15H2,(H,27,32)(H,29,30). The lowest BCUT2D eigenvalue weighted by atomic mass is 9.98. The molecule has 3 atom stereocenters. The van der Waals surface area contributed by atoms with Crippen molar-refractivity contribution in [3.63, 3.8) is 0 Å². The highest BCUT2D eigenvalue weighted by Crippen LogP contribution is 2.44. The lowest BCUT2D eigenvalue weighted by Crippen LogP contribution is -2.57. The number of nitrogens with zero attached hydrogens (tertiary/aromatic N) is 1. The van der Waals surface area contributed by atoms with Gasteiger partial charge in [-0.3, -0.25) is 9.59 Å². The lowest BCUT2D eigenvalue weighted by Gasteiger charge is -2.39. The number of alkyl carbamates (subject to hydrolysis) is 1. The Balaban J connectivity index is 1.27. The van der Waals surface area contributed by atoms with Gasteiger partial charge in [0, 0.05) is 12.5 Å². The van der Waals surface area contributed by atoms with Crippen molar-refractivity contribution in [2.45, 2.75) is 49.8 Å². The largest absolute Gasteiger partial charge is 0.481 e. The molecule has 3 aliphatic rings. The van der Waals surface area contributed by atoms with Gasteiger partial charge in [0.15, 0.2) is 0 Å². The fourth-order valence-corrected chi connectivity index (χ4v) is 5.56. The van der Waals surface area contributed by atoms with Gasteiger partial charge in [0.05, 0.1) is 25.2 Å². The first-order valence-corrected chi connectivity index (χ1v) is 11.8. The smallest absolute Gasteiger partial charge is 0.407 e. The number of nitrogens with one attached hydrogen (secondary N) is 1. The Kier molecular flexibility index (Phi) is 6.24. The molecule has 1 saturated heterocycles. The van der Waals surface area contributed by atoms with Gasteiger partial charge in [-0.2, -0.15) is 0 Å². The van der Waals surface area contributed by atoms with Crippen LogP contribution in [0.5, 0.6) is 0 Å². The number of carbonyl (C=O) groups excluding carboxylic acids is 2. The monoisotopic (exact) mass is 464 g/mol. The second-order valence-electron chi connectivity index (χ2n) is 9.06. The van der Waals surface area contributed by atoms with E-state index in [0.717, 1.165) is 41.5 Å². The first-order valence-electron chi connectivity index (χ1n) is 11.8. The number of amides is 2. The number of hydrogen-bond acceptors (Lipinski definition) is 5. The predicted octanol–water partition coefficient (Wildman–Crippen LogP) is 3.15. The van der Waals surface area contributed by atoms with E-state index < -0.39 is 30.4 Å². The number of hydrogen-bond donors (Lipinski definition) is 2. The Morgan fingerprint density at radius 3 is 2.41 bits per heavy atom. The third kappa shape index (κ3) is 4.25. The van der Waals surface area contributed by atoms with Crippen LogP contribution in [0.4, 0.5) is 4.79 Å². The zero-order valence-corrected chi connectivity index (χ0v) is 18.8. The van der Waals surface area contributed by atoms with Crippen LogP contribution in [0, 0.1) is 0 Å². The molecule has 8 nitrogen and oxygen atoms in total. The highest BCUT2D eigenvalue weighted by atomic mass is 16.5. The Morgan fingerprint density at radius 2 is 1.74 bits per heavy atom. The van der Waals surface area contributed by atoms with Crippen LogP contribution in [0.3, 0.4) is 0 Å². The molecule has 1 aliphatic heterocycles. The van der Waals surface area contributed by atoms with E-state index in [9.17, 15) is 19.5 Å². The summed E-state index contributed by atoms with van der Waals surface area (Å²) in [5, 5.41) is 11.9. The lowest BCUT2D eigenvalue weighted by molar-refractivity contribution is -0.149. The van der Waals surface area contributed by atoms with Crippen molar-refractivity contribution in [1.29, 1.82) is 0 Å². The Bertz CT molecular complexity index is 1060. The molecule has 0 aromatic heterocycles. The van der Waals surface area contributed by atoms with Gasteiger partial charge in [0.25, 0.3) is 0 Å². The van der Waals surface area contributed by atoms with Gasteiger partial charge in [-0.05, 0) is 41.5 Å².